The van der Waals surface area contributed by atoms with Crippen molar-refractivity contribution in [2.45, 2.75) is 0 Å². The molecule has 12 rings (SSSR count). The van der Waals surface area contributed by atoms with E-state index in [9.17, 15) is 0 Å². The van der Waals surface area contributed by atoms with Crippen molar-refractivity contribution < 1.29 is 0 Å². The van der Waals surface area contributed by atoms with E-state index in [0.29, 0.717) is 0 Å². The van der Waals surface area contributed by atoms with Crippen LogP contribution in [0.3, 0.4) is 0 Å². The lowest BCUT2D eigenvalue weighted by atomic mass is 9.97. The summed E-state index contributed by atoms with van der Waals surface area (Å²) in [5, 5.41) is 7.64. The second kappa shape index (κ2) is 12.7. The molecule has 0 radical (unpaired) electrons. The van der Waals surface area contributed by atoms with Gasteiger partial charge in [0.15, 0.2) is 0 Å². The summed E-state index contributed by atoms with van der Waals surface area (Å²) in [5.74, 6) is 0. The molecule has 0 aliphatic heterocycles. The quantitative estimate of drug-likeness (QED) is 0.166. The molecule has 0 spiro atoms. The van der Waals surface area contributed by atoms with Crippen LogP contribution in [0.15, 0.2) is 206 Å². The lowest BCUT2D eigenvalue weighted by Gasteiger charge is -2.14. The zero-order chi connectivity index (χ0) is 37.5. The highest BCUT2D eigenvalue weighted by molar-refractivity contribution is 7.25. The molecule has 2 nitrogen and oxygen atoms in total. The van der Waals surface area contributed by atoms with Gasteiger partial charge < -0.3 is 9.13 Å². The number of hydrogen-bond acceptors (Lipinski definition) is 1. The normalized spacial score (nSPS) is 11.9. The third kappa shape index (κ3) is 4.89. The number of nitrogens with zero attached hydrogens (tertiary/aromatic N) is 2. The molecule has 57 heavy (non-hydrogen) atoms. The van der Waals surface area contributed by atoms with Gasteiger partial charge in [0.25, 0.3) is 0 Å². The van der Waals surface area contributed by atoms with Gasteiger partial charge in [-0.1, -0.05) is 146 Å². The highest BCUT2D eigenvalue weighted by Gasteiger charge is 2.21. The minimum absolute atomic E-state index is 1.17. The summed E-state index contributed by atoms with van der Waals surface area (Å²) in [6.07, 6.45) is 0. The van der Waals surface area contributed by atoms with Crippen LogP contribution in [0.1, 0.15) is 0 Å². The Morgan fingerprint density at radius 3 is 1.61 bits per heavy atom. The molecular weight excluding hydrogens is 709 g/mol. The molecule has 0 atom stereocenters. The Labute approximate surface area is 333 Å². The van der Waals surface area contributed by atoms with Crippen molar-refractivity contribution >= 4 is 75.1 Å². The molecule has 0 N–H and O–H groups in total. The van der Waals surface area contributed by atoms with E-state index in [0.717, 1.165) is 0 Å². The van der Waals surface area contributed by atoms with E-state index in [1.807, 2.05) is 11.3 Å². The second-order valence-electron chi connectivity index (χ2n) is 14.8. The van der Waals surface area contributed by atoms with Crippen molar-refractivity contribution in [1.82, 2.24) is 9.13 Å². The maximum Gasteiger partial charge on any atom is 0.0555 e. The molecule has 0 unspecified atom stereocenters. The molecule has 0 saturated heterocycles. The number of hydrogen-bond donors (Lipinski definition) is 0. The van der Waals surface area contributed by atoms with Gasteiger partial charge in [0.1, 0.15) is 0 Å². The Hall–Kier alpha value is -7.20. The fourth-order valence-corrected chi connectivity index (χ4v) is 10.4. The Morgan fingerprint density at radius 2 is 0.807 bits per heavy atom. The van der Waals surface area contributed by atoms with Gasteiger partial charge in [-0.3, -0.25) is 0 Å². The van der Waals surface area contributed by atoms with Crippen LogP contribution >= 0.6 is 11.3 Å². The number of thiophene rings is 1. The number of benzene rings is 9. The molecule has 0 saturated carbocycles. The molecule has 0 fully saturated rings. The van der Waals surface area contributed by atoms with Crippen LogP contribution < -0.4 is 0 Å². The molecule has 0 aliphatic carbocycles. The number of rotatable bonds is 5. The zero-order valence-electron chi connectivity index (χ0n) is 30.9. The van der Waals surface area contributed by atoms with Gasteiger partial charge in [-0.15, -0.1) is 11.3 Å². The first-order valence-corrected chi connectivity index (χ1v) is 20.3. The van der Waals surface area contributed by atoms with Crippen LogP contribution in [0.2, 0.25) is 0 Å². The predicted octanol–water partition coefficient (Wildman–Crippen LogP) is 15.2. The minimum Gasteiger partial charge on any atom is -0.309 e. The van der Waals surface area contributed by atoms with Crippen LogP contribution in [-0.4, -0.2) is 9.13 Å². The van der Waals surface area contributed by atoms with Crippen molar-refractivity contribution in [3.05, 3.63) is 206 Å². The lowest BCUT2D eigenvalue weighted by Crippen LogP contribution is -1.97. The summed E-state index contributed by atoms with van der Waals surface area (Å²) in [7, 11) is 0. The van der Waals surface area contributed by atoms with Crippen LogP contribution in [0.4, 0.5) is 0 Å². The third-order valence-electron chi connectivity index (χ3n) is 11.7. The van der Waals surface area contributed by atoms with Crippen molar-refractivity contribution in [2.75, 3.05) is 0 Å². The van der Waals surface area contributed by atoms with Crippen LogP contribution in [0.5, 0.6) is 0 Å². The summed E-state index contributed by atoms with van der Waals surface area (Å²) >= 11 is 1.87. The molecule has 9 aromatic carbocycles. The summed E-state index contributed by atoms with van der Waals surface area (Å²) in [6, 6.07) is 75.6. The zero-order valence-corrected chi connectivity index (χ0v) is 31.7. The summed E-state index contributed by atoms with van der Waals surface area (Å²) in [6.45, 7) is 0. The average Bonchev–Trinajstić information content (AvgIpc) is 3.94. The van der Waals surface area contributed by atoms with Crippen molar-refractivity contribution in [2.24, 2.45) is 0 Å². The fourth-order valence-electron chi connectivity index (χ4n) is 9.25. The maximum atomic E-state index is 2.48. The summed E-state index contributed by atoms with van der Waals surface area (Å²) in [4.78, 5) is 0. The second-order valence-corrected chi connectivity index (χ2v) is 15.9. The van der Waals surface area contributed by atoms with Crippen LogP contribution in [0, 0.1) is 0 Å². The van der Waals surface area contributed by atoms with Gasteiger partial charge in [-0.05, 0) is 88.5 Å². The van der Waals surface area contributed by atoms with Crippen molar-refractivity contribution in [1.29, 1.82) is 0 Å². The molecule has 0 amide bonds. The van der Waals surface area contributed by atoms with E-state index in [-0.39, 0.29) is 0 Å². The van der Waals surface area contributed by atoms with Gasteiger partial charge in [0.05, 0.1) is 33.4 Å². The predicted molar refractivity (Wildman–Crippen MR) is 244 cm³/mol. The van der Waals surface area contributed by atoms with E-state index < -0.39 is 0 Å². The number of fused-ring (bicyclic) bond motifs is 9. The van der Waals surface area contributed by atoms with Gasteiger partial charge in [0.2, 0.25) is 0 Å². The smallest absolute Gasteiger partial charge is 0.0555 e. The highest BCUT2D eigenvalue weighted by atomic mass is 32.1. The Kier molecular flexibility index (Phi) is 7.13. The first-order valence-electron chi connectivity index (χ1n) is 19.5. The van der Waals surface area contributed by atoms with E-state index >= 15 is 0 Å². The average molecular weight is 743 g/mol. The van der Waals surface area contributed by atoms with E-state index in [1.54, 1.807) is 0 Å². The number of aromatic nitrogens is 2. The minimum atomic E-state index is 1.17. The van der Waals surface area contributed by atoms with Gasteiger partial charge in [-0.2, -0.15) is 0 Å². The Morgan fingerprint density at radius 1 is 0.281 bits per heavy atom. The molecule has 3 heterocycles. The van der Waals surface area contributed by atoms with E-state index in [2.05, 4.69) is 215 Å². The number of para-hydroxylation sites is 2. The van der Waals surface area contributed by atoms with E-state index in [4.69, 9.17) is 0 Å². The highest BCUT2D eigenvalue weighted by Crippen LogP contribution is 2.44. The molecule has 0 aliphatic rings. The maximum absolute atomic E-state index is 2.48. The van der Waals surface area contributed by atoms with Crippen molar-refractivity contribution in [3.63, 3.8) is 0 Å². The lowest BCUT2D eigenvalue weighted by molar-refractivity contribution is 1.18. The van der Waals surface area contributed by atoms with Gasteiger partial charge in [-0.25, -0.2) is 0 Å². The van der Waals surface area contributed by atoms with E-state index in [1.165, 1.54) is 109 Å². The van der Waals surface area contributed by atoms with Crippen molar-refractivity contribution in [3.8, 4) is 44.8 Å². The first-order chi connectivity index (χ1) is 28.3. The molecule has 3 heteroatoms. The largest absolute Gasteiger partial charge is 0.309 e. The molecule has 12 aromatic rings. The van der Waals surface area contributed by atoms with Gasteiger partial charge in [0, 0.05) is 47.3 Å². The molecule has 266 valence electrons. The van der Waals surface area contributed by atoms with Gasteiger partial charge >= 0.3 is 0 Å². The standard InChI is InChI=1S/C54H34N2S/c1-3-15-35(16-4-1)39-19-7-10-23-45(39)55-48-32-30-38(34-44(48)53-40(22-13-25-49(53)55)36-17-5-2-6-18-36)37-29-31-47-43(33-37)41-20-8-11-24-46(41)56(47)50-26-14-28-52-54(50)42-21-9-12-27-51(42)57-52/h1-34H. The molecule has 0 bridgehead atoms. The monoisotopic (exact) mass is 742 g/mol. The first kappa shape index (κ1) is 32.1. The topological polar surface area (TPSA) is 9.86 Å². The Balaban J connectivity index is 1.10. The summed E-state index contributed by atoms with van der Waals surface area (Å²) < 4.78 is 7.57. The SMILES string of the molecule is c1ccc(-c2ccccc2-n2c3ccc(-c4ccc5c(c4)c4ccccc4n5-c4cccc5sc6ccccc6c45)cc3c3c(-c4ccccc4)cccc32)cc1. The van der Waals surface area contributed by atoms with Crippen LogP contribution in [-0.2, 0) is 0 Å². The molecular formula is C54H34N2S. The molecule has 3 aromatic heterocycles. The van der Waals surface area contributed by atoms with Crippen LogP contribution in [0.25, 0.3) is 109 Å². The summed E-state index contributed by atoms with van der Waals surface area (Å²) in [5.41, 5.74) is 14.5. The fraction of sp³-hybridized carbons (Fsp3) is 0. The Bertz CT molecular complexity index is 3510. The third-order valence-corrected chi connectivity index (χ3v) is 12.9.